The summed E-state index contributed by atoms with van der Waals surface area (Å²) in [6, 6.07) is 3.94. The smallest absolute Gasteiger partial charge is 0.307 e. The average Bonchev–Trinajstić information content (AvgIpc) is 3.28. The molecule has 0 saturated carbocycles. The molecule has 10 heteroatoms. The second-order valence-corrected chi connectivity index (χ2v) is 16.0. The molecule has 1 atom stereocenters. The van der Waals surface area contributed by atoms with Gasteiger partial charge in [0.25, 0.3) is 0 Å². The number of ether oxygens (including phenoxy) is 5. The lowest BCUT2D eigenvalue weighted by Crippen LogP contribution is -2.28. The first-order chi connectivity index (χ1) is 30.5. The van der Waals surface area contributed by atoms with Crippen molar-refractivity contribution in [2.75, 3.05) is 46.1 Å². The number of esters is 3. The fourth-order valence-electron chi connectivity index (χ4n) is 6.35. The molecule has 0 aliphatic carbocycles. The Balaban J connectivity index is 2.54. The molecule has 1 aromatic rings. The number of rotatable bonds is 43. The monoisotopic (exact) mass is 867 g/mol. The number of hydrogen-bond acceptors (Lipinski definition) is 10. The van der Waals surface area contributed by atoms with Crippen molar-refractivity contribution in [3.8, 4) is 0 Å². The number of hydrogen-bond donors (Lipinski definition) is 1. The van der Waals surface area contributed by atoms with E-state index in [9.17, 15) is 14.4 Å². The summed E-state index contributed by atoms with van der Waals surface area (Å²) in [6.07, 6.45) is 42.9. The van der Waals surface area contributed by atoms with Crippen molar-refractivity contribution >= 4 is 17.9 Å². The third-order valence-electron chi connectivity index (χ3n) is 10.1. The standard InChI is InChI=1S/C52H86N2O8/c1-4-7-10-13-16-17-18-19-20-21-22-23-24-25-28-31-49(55)60-44-48(46-62-51(57)37-41-54-40-36-47-34-38-53-39-35-47)45-61-50(56)32-33-52(58-42-29-26-14-11-8-5-2)59-43-30-27-15-12-9-6-3/h8-9,11-12,16-17,19-20,34-35,38-39,48,52,54H,4-7,10,13-15,18,21-33,36-37,40-46H2,1-3H3/b11-8-,12-9-,17-16-,20-19-. The summed E-state index contributed by atoms with van der Waals surface area (Å²) in [5, 5.41) is 3.27. The summed E-state index contributed by atoms with van der Waals surface area (Å²) in [6.45, 7) is 8.77. The summed E-state index contributed by atoms with van der Waals surface area (Å²) in [5.74, 6) is -1.54. The van der Waals surface area contributed by atoms with Crippen LogP contribution in [-0.2, 0) is 44.5 Å². The molecule has 1 heterocycles. The highest BCUT2D eigenvalue weighted by atomic mass is 16.7. The highest BCUT2D eigenvalue weighted by Crippen LogP contribution is 2.13. The van der Waals surface area contributed by atoms with Crippen LogP contribution in [-0.4, -0.2) is 75.3 Å². The van der Waals surface area contributed by atoms with Crippen molar-refractivity contribution in [1.29, 1.82) is 0 Å². The van der Waals surface area contributed by atoms with Crippen LogP contribution in [0.1, 0.15) is 174 Å². The third-order valence-corrected chi connectivity index (χ3v) is 10.1. The topological polar surface area (TPSA) is 122 Å². The molecule has 0 aliphatic rings. The second-order valence-electron chi connectivity index (χ2n) is 16.0. The zero-order valence-corrected chi connectivity index (χ0v) is 39.2. The van der Waals surface area contributed by atoms with Crippen LogP contribution in [0.15, 0.2) is 73.1 Å². The molecule has 0 spiro atoms. The van der Waals surface area contributed by atoms with Crippen LogP contribution in [0.2, 0.25) is 0 Å². The Kier molecular flexibility index (Phi) is 40.1. The van der Waals surface area contributed by atoms with Crippen LogP contribution in [0.4, 0.5) is 0 Å². The molecule has 0 radical (unpaired) electrons. The summed E-state index contributed by atoms with van der Waals surface area (Å²) >= 11 is 0. The molecule has 0 aliphatic heterocycles. The van der Waals surface area contributed by atoms with Gasteiger partial charge in [0.2, 0.25) is 0 Å². The van der Waals surface area contributed by atoms with Crippen LogP contribution < -0.4 is 5.32 Å². The number of pyridine rings is 1. The SMILES string of the molecule is CC/C=C\CCCCOC(CCC(=O)OCC(COC(=O)CCCCCCC/C=C\C/C=C\CCCCC)COC(=O)CCNCCc1ccncc1)OCCCC/C=C\CC. The van der Waals surface area contributed by atoms with Gasteiger partial charge < -0.3 is 29.0 Å². The number of allylic oxidation sites excluding steroid dienone is 8. The van der Waals surface area contributed by atoms with E-state index in [4.69, 9.17) is 23.7 Å². The summed E-state index contributed by atoms with van der Waals surface area (Å²) in [7, 11) is 0. The summed E-state index contributed by atoms with van der Waals surface area (Å²) < 4.78 is 29.0. The molecular weight excluding hydrogens is 781 g/mol. The average molecular weight is 867 g/mol. The molecule has 0 fully saturated rings. The van der Waals surface area contributed by atoms with Crippen LogP contribution in [0, 0.1) is 5.92 Å². The van der Waals surface area contributed by atoms with Gasteiger partial charge >= 0.3 is 17.9 Å². The molecule has 10 nitrogen and oxygen atoms in total. The van der Waals surface area contributed by atoms with Crippen molar-refractivity contribution in [3.05, 3.63) is 78.7 Å². The Bertz CT molecular complexity index is 1290. The minimum Gasteiger partial charge on any atom is -0.465 e. The molecule has 0 bridgehead atoms. The van der Waals surface area contributed by atoms with E-state index in [1.54, 1.807) is 12.4 Å². The maximum atomic E-state index is 13.0. The van der Waals surface area contributed by atoms with Gasteiger partial charge in [-0.1, -0.05) is 101 Å². The van der Waals surface area contributed by atoms with Gasteiger partial charge in [0.15, 0.2) is 6.29 Å². The quantitative estimate of drug-likeness (QED) is 0.0223. The van der Waals surface area contributed by atoms with E-state index < -0.39 is 18.2 Å². The van der Waals surface area contributed by atoms with Gasteiger partial charge in [-0.2, -0.15) is 0 Å². The van der Waals surface area contributed by atoms with Crippen molar-refractivity contribution in [3.63, 3.8) is 0 Å². The van der Waals surface area contributed by atoms with E-state index >= 15 is 0 Å². The Labute approximate surface area is 377 Å². The lowest BCUT2D eigenvalue weighted by atomic mass is 10.1. The molecule has 0 amide bonds. The van der Waals surface area contributed by atoms with E-state index in [0.717, 1.165) is 109 Å². The zero-order chi connectivity index (χ0) is 44.8. The Hall–Kier alpha value is -3.60. The second kappa shape index (κ2) is 44.0. The van der Waals surface area contributed by atoms with Crippen molar-refractivity contribution in [2.24, 2.45) is 5.92 Å². The first kappa shape index (κ1) is 56.4. The maximum absolute atomic E-state index is 13.0. The number of unbranched alkanes of at least 4 members (excludes halogenated alkanes) is 12. The summed E-state index contributed by atoms with van der Waals surface area (Å²) in [4.78, 5) is 42.3. The molecule has 62 heavy (non-hydrogen) atoms. The first-order valence-electron chi connectivity index (χ1n) is 24.4. The number of nitrogens with one attached hydrogen (secondary N) is 1. The molecule has 352 valence electrons. The third kappa shape index (κ3) is 38.1. The largest absolute Gasteiger partial charge is 0.465 e. The first-order valence-corrected chi connectivity index (χ1v) is 24.4. The number of carbonyl (C=O) groups excluding carboxylic acids is 3. The maximum Gasteiger partial charge on any atom is 0.307 e. The predicted molar refractivity (Wildman–Crippen MR) is 253 cm³/mol. The van der Waals surface area contributed by atoms with Gasteiger partial charge in [-0.3, -0.25) is 19.4 Å². The molecular formula is C52H86N2O8. The minimum absolute atomic E-state index is 0.000421. The molecule has 1 unspecified atom stereocenters. The molecule has 1 aromatic heterocycles. The van der Waals surface area contributed by atoms with E-state index in [-0.39, 0.29) is 44.6 Å². The van der Waals surface area contributed by atoms with E-state index in [0.29, 0.717) is 32.6 Å². The highest BCUT2D eigenvalue weighted by molar-refractivity contribution is 5.70. The lowest BCUT2D eigenvalue weighted by Gasteiger charge is -2.20. The van der Waals surface area contributed by atoms with Crippen LogP contribution in [0.5, 0.6) is 0 Å². The predicted octanol–water partition coefficient (Wildman–Crippen LogP) is 12.1. The van der Waals surface area contributed by atoms with Gasteiger partial charge in [0.05, 0.1) is 18.8 Å². The van der Waals surface area contributed by atoms with Crippen molar-refractivity contribution in [2.45, 2.75) is 181 Å². The fraction of sp³-hybridized carbons (Fsp3) is 0.692. The van der Waals surface area contributed by atoms with Crippen LogP contribution in [0.25, 0.3) is 0 Å². The highest BCUT2D eigenvalue weighted by Gasteiger charge is 2.19. The normalized spacial score (nSPS) is 12.4. The molecule has 1 N–H and O–H groups in total. The van der Waals surface area contributed by atoms with Crippen LogP contribution >= 0.6 is 0 Å². The van der Waals surface area contributed by atoms with Gasteiger partial charge in [-0.25, -0.2) is 0 Å². The Morgan fingerprint density at radius 1 is 0.565 bits per heavy atom. The van der Waals surface area contributed by atoms with Gasteiger partial charge in [0.1, 0.15) is 19.8 Å². The van der Waals surface area contributed by atoms with E-state index in [1.165, 1.54) is 31.2 Å². The Morgan fingerprint density at radius 3 is 1.65 bits per heavy atom. The molecule has 0 aromatic carbocycles. The van der Waals surface area contributed by atoms with Gasteiger partial charge in [0, 0.05) is 45.0 Å². The number of carbonyl (C=O) groups is 3. The minimum atomic E-state index is -0.495. The van der Waals surface area contributed by atoms with Crippen molar-refractivity contribution in [1.82, 2.24) is 10.3 Å². The van der Waals surface area contributed by atoms with Gasteiger partial charge in [-0.15, -0.1) is 0 Å². The fourth-order valence-corrected chi connectivity index (χ4v) is 6.35. The van der Waals surface area contributed by atoms with Crippen LogP contribution in [0.3, 0.4) is 0 Å². The molecule has 0 saturated heterocycles. The van der Waals surface area contributed by atoms with Crippen molar-refractivity contribution < 1.29 is 38.1 Å². The number of aromatic nitrogens is 1. The molecule has 1 rings (SSSR count). The van der Waals surface area contributed by atoms with E-state index in [2.05, 4.69) is 79.7 Å². The lowest BCUT2D eigenvalue weighted by molar-refractivity contribution is -0.162. The van der Waals surface area contributed by atoms with Gasteiger partial charge in [-0.05, 0) is 121 Å². The summed E-state index contributed by atoms with van der Waals surface area (Å²) in [5.41, 5.74) is 1.17. The Morgan fingerprint density at radius 2 is 1.06 bits per heavy atom. The zero-order valence-electron chi connectivity index (χ0n) is 39.2. The van der Waals surface area contributed by atoms with E-state index in [1.807, 2.05) is 12.1 Å². The number of nitrogens with zero attached hydrogens (tertiary/aromatic N) is 1.